The Balaban J connectivity index is 1.94. The zero-order valence-electron chi connectivity index (χ0n) is 12.0. The maximum atomic E-state index is 5.96. The van der Waals surface area contributed by atoms with Gasteiger partial charge in [-0.25, -0.2) is 4.98 Å². The molecule has 0 radical (unpaired) electrons. The smallest absolute Gasteiger partial charge is 0.227 e. The van der Waals surface area contributed by atoms with Crippen molar-refractivity contribution in [2.45, 2.75) is 6.92 Å². The van der Waals surface area contributed by atoms with Gasteiger partial charge in [0.2, 0.25) is 11.6 Å². The van der Waals surface area contributed by atoms with Crippen molar-refractivity contribution < 1.29 is 0 Å². The first-order valence-electron chi connectivity index (χ1n) is 6.95. The Morgan fingerprint density at radius 2 is 1.77 bits per heavy atom. The lowest BCUT2D eigenvalue weighted by atomic mass is 10.2. The van der Waals surface area contributed by atoms with Crippen LogP contribution in [0.25, 0.3) is 16.7 Å². The lowest BCUT2D eigenvalue weighted by Crippen LogP contribution is -2.02. The van der Waals surface area contributed by atoms with Gasteiger partial charge in [0.25, 0.3) is 0 Å². The standard InChI is InChI=1S/C16H14N6/c1-10-6-8-11(9-7-10)18-14-15-20-21-16(17)22(15)13-5-3-2-4-12(13)19-14/h2-9H,1H3,(H2,17,21)(H,18,19). The number of anilines is 3. The molecule has 0 aliphatic rings. The van der Waals surface area contributed by atoms with Gasteiger partial charge >= 0.3 is 0 Å². The zero-order chi connectivity index (χ0) is 15.1. The number of benzene rings is 2. The SMILES string of the molecule is Cc1ccc(Nc2nc3ccccc3n3c(N)nnc23)cc1. The number of hydrogen-bond donors (Lipinski definition) is 2. The minimum Gasteiger partial charge on any atom is -0.368 e. The number of fused-ring (bicyclic) bond motifs is 3. The summed E-state index contributed by atoms with van der Waals surface area (Å²) in [4.78, 5) is 4.64. The van der Waals surface area contributed by atoms with E-state index in [4.69, 9.17) is 5.73 Å². The van der Waals surface area contributed by atoms with Gasteiger partial charge in [0, 0.05) is 5.69 Å². The van der Waals surface area contributed by atoms with Gasteiger partial charge in [-0.05, 0) is 31.2 Å². The Morgan fingerprint density at radius 3 is 2.59 bits per heavy atom. The first kappa shape index (κ1) is 12.6. The number of rotatable bonds is 2. The average Bonchev–Trinajstić information content (AvgIpc) is 2.92. The van der Waals surface area contributed by atoms with Crippen LogP contribution in [0.2, 0.25) is 0 Å². The Labute approximate surface area is 126 Å². The highest BCUT2D eigenvalue weighted by molar-refractivity contribution is 5.85. The molecule has 2 aromatic heterocycles. The molecule has 4 rings (SSSR count). The molecule has 0 aliphatic carbocycles. The molecule has 6 heteroatoms. The lowest BCUT2D eigenvalue weighted by Gasteiger charge is -2.09. The van der Waals surface area contributed by atoms with Crippen molar-refractivity contribution in [2.75, 3.05) is 11.1 Å². The molecule has 0 amide bonds. The second-order valence-electron chi connectivity index (χ2n) is 5.16. The number of aryl methyl sites for hydroxylation is 1. The fourth-order valence-corrected chi connectivity index (χ4v) is 2.46. The van der Waals surface area contributed by atoms with E-state index in [9.17, 15) is 0 Å². The summed E-state index contributed by atoms with van der Waals surface area (Å²) < 4.78 is 1.80. The summed E-state index contributed by atoms with van der Waals surface area (Å²) in [6.07, 6.45) is 0. The van der Waals surface area contributed by atoms with E-state index < -0.39 is 0 Å². The molecule has 0 saturated heterocycles. The van der Waals surface area contributed by atoms with Gasteiger partial charge in [-0.15, -0.1) is 10.2 Å². The molecule has 0 saturated carbocycles. The van der Waals surface area contributed by atoms with Crippen LogP contribution in [0.1, 0.15) is 5.56 Å². The molecule has 22 heavy (non-hydrogen) atoms. The molecule has 108 valence electrons. The fourth-order valence-electron chi connectivity index (χ4n) is 2.46. The van der Waals surface area contributed by atoms with Crippen LogP contribution in [0.4, 0.5) is 17.5 Å². The predicted molar refractivity (Wildman–Crippen MR) is 87.2 cm³/mol. The van der Waals surface area contributed by atoms with Gasteiger partial charge in [-0.2, -0.15) is 0 Å². The van der Waals surface area contributed by atoms with E-state index in [1.165, 1.54) is 5.56 Å². The number of para-hydroxylation sites is 2. The predicted octanol–water partition coefficient (Wildman–Crippen LogP) is 2.91. The summed E-state index contributed by atoms with van der Waals surface area (Å²) >= 11 is 0. The van der Waals surface area contributed by atoms with E-state index >= 15 is 0 Å². The van der Waals surface area contributed by atoms with Crippen LogP contribution in [0.3, 0.4) is 0 Å². The van der Waals surface area contributed by atoms with Crippen LogP contribution in [0, 0.1) is 6.92 Å². The second-order valence-corrected chi connectivity index (χ2v) is 5.16. The van der Waals surface area contributed by atoms with Crippen molar-refractivity contribution in [3.63, 3.8) is 0 Å². The van der Waals surface area contributed by atoms with Crippen molar-refractivity contribution >= 4 is 34.1 Å². The van der Waals surface area contributed by atoms with E-state index in [1.807, 2.05) is 48.5 Å². The van der Waals surface area contributed by atoms with Gasteiger partial charge in [-0.3, -0.25) is 4.40 Å². The van der Waals surface area contributed by atoms with Crippen molar-refractivity contribution in [1.82, 2.24) is 19.6 Å². The molecule has 0 fully saturated rings. The number of nitrogen functional groups attached to an aromatic ring is 1. The molecule has 0 bridgehead atoms. The van der Waals surface area contributed by atoms with Crippen molar-refractivity contribution in [2.24, 2.45) is 0 Å². The van der Waals surface area contributed by atoms with E-state index in [-0.39, 0.29) is 0 Å². The van der Waals surface area contributed by atoms with Crippen LogP contribution in [0.5, 0.6) is 0 Å². The first-order chi connectivity index (χ1) is 10.7. The van der Waals surface area contributed by atoms with E-state index in [1.54, 1.807) is 4.40 Å². The van der Waals surface area contributed by atoms with E-state index in [0.29, 0.717) is 17.4 Å². The summed E-state index contributed by atoms with van der Waals surface area (Å²) in [7, 11) is 0. The Hall–Kier alpha value is -3.15. The zero-order valence-corrected chi connectivity index (χ0v) is 12.0. The molecule has 0 aliphatic heterocycles. The van der Waals surface area contributed by atoms with Gasteiger partial charge in [0.15, 0.2) is 5.82 Å². The van der Waals surface area contributed by atoms with Crippen LogP contribution >= 0.6 is 0 Å². The van der Waals surface area contributed by atoms with Crippen molar-refractivity contribution in [3.8, 4) is 0 Å². The molecule has 6 nitrogen and oxygen atoms in total. The Morgan fingerprint density at radius 1 is 1.00 bits per heavy atom. The van der Waals surface area contributed by atoms with Gasteiger partial charge in [0.1, 0.15) is 0 Å². The molecule has 2 aromatic carbocycles. The third kappa shape index (κ3) is 1.93. The quantitative estimate of drug-likeness (QED) is 0.593. The van der Waals surface area contributed by atoms with Crippen LogP contribution < -0.4 is 11.1 Å². The van der Waals surface area contributed by atoms with Gasteiger partial charge < -0.3 is 11.1 Å². The molecular weight excluding hydrogens is 276 g/mol. The number of hydrogen-bond acceptors (Lipinski definition) is 5. The highest BCUT2D eigenvalue weighted by Gasteiger charge is 2.13. The largest absolute Gasteiger partial charge is 0.368 e. The summed E-state index contributed by atoms with van der Waals surface area (Å²) in [5, 5.41) is 11.4. The molecule has 0 unspecified atom stereocenters. The Bertz CT molecular complexity index is 971. The van der Waals surface area contributed by atoms with Crippen molar-refractivity contribution in [1.29, 1.82) is 0 Å². The number of nitrogens with two attached hydrogens (primary N) is 1. The highest BCUT2D eigenvalue weighted by Crippen LogP contribution is 2.25. The second kappa shape index (κ2) is 4.70. The highest BCUT2D eigenvalue weighted by atomic mass is 15.3. The Kier molecular flexibility index (Phi) is 2.69. The summed E-state index contributed by atoms with van der Waals surface area (Å²) in [6, 6.07) is 15.9. The van der Waals surface area contributed by atoms with Crippen LogP contribution in [-0.2, 0) is 0 Å². The number of aromatic nitrogens is 4. The molecule has 0 spiro atoms. The maximum absolute atomic E-state index is 5.96. The monoisotopic (exact) mass is 290 g/mol. The molecule has 4 aromatic rings. The molecule has 0 atom stereocenters. The normalized spacial score (nSPS) is 11.1. The van der Waals surface area contributed by atoms with E-state index in [0.717, 1.165) is 16.7 Å². The summed E-state index contributed by atoms with van der Waals surface area (Å²) in [6.45, 7) is 2.05. The first-order valence-corrected chi connectivity index (χ1v) is 6.95. The minimum atomic E-state index is 0.348. The fraction of sp³-hybridized carbons (Fsp3) is 0.0625. The number of nitrogens with one attached hydrogen (secondary N) is 1. The van der Waals surface area contributed by atoms with Gasteiger partial charge in [0.05, 0.1) is 11.0 Å². The van der Waals surface area contributed by atoms with Gasteiger partial charge in [-0.1, -0.05) is 29.8 Å². The number of nitrogens with zero attached hydrogens (tertiary/aromatic N) is 4. The summed E-state index contributed by atoms with van der Waals surface area (Å²) in [5.41, 5.74) is 10.4. The van der Waals surface area contributed by atoms with Crippen molar-refractivity contribution in [3.05, 3.63) is 54.1 Å². The average molecular weight is 290 g/mol. The molecular formula is C16H14N6. The van der Waals surface area contributed by atoms with E-state index in [2.05, 4.69) is 27.4 Å². The summed E-state index contributed by atoms with van der Waals surface area (Å²) in [5.74, 6) is 0.979. The van der Waals surface area contributed by atoms with Crippen LogP contribution in [-0.4, -0.2) is 19.6 Å². The lowest BCUT2D eigenvalue weighted by molar-refractivity contribution is 1.12. The minimum absolute atomic E-state index is 0.348. The molecule has 2 heterocycles. The van der Waals surface area contributed by atoms with Crippen LogP contribution in [0.15, 0.2) is 48.5 Å². The topological polar surface area (TPSA) is 81.1 Å². The maximum Gasteiger partial charge on any atom is 0.227 e. The third-order valence-corrected chi connectivity index (χ3v) is 3.57. The molecule has 3 N–H and O–H groups in total. The third-order valence-electron chi connectivity index (χ3n) is 3.57.